The van der Waals surface area contributed by atoms with Crippen molar-refractivity contribution in [2.45, 2.75) is 26.2 Å². The van der Waals surface area contributed by atoms with E-state index in [-0.39, 0.29) is 11.7 Å². The molecule has 0 saturated heterocycles. The zero-order chi connectivity index (χ0) is 15.2. The summed E-state index contributed by atoms with van der Waals surface area (Å²) in [5.74, 6) is 0.905. The fourth-order valence-corrected chi connectivity index (χ4v) is 2.59. The number of hydrogen-bond acceptors (Lipinski definition) is 2. The molecule has 21 heavy (non-hydrogen) atoms. The minimum absolute atomic E-state index is 0.208. The van der Waals surface area contributed by atoms with E-state index in [9.17, 15) is 4.39 Å². The number of aryl methyl sites for hydroxylation is 1. The molecule has 0 fully saturated rings. The van der Waals surface area contributed by atoms with Crippen LogP contribution in [0.1, 0.15) is 29.5 Å². The third-order valence-corrected chi connectivity index (χ3v) is 3.67. The first-order chi connectivity index (χ1) is 10.1. The van der Waals surface area contributed by atoms with Crippen LogP contribution in [0.25, 0.3) is 0 Å². The first-order valence-electron chi connectivity index (χ1n) is 7.32. The van der Waals surface area contributed by atoms with Gasteiger partial charge in [0.05, 0.1) is 6.61 Å². The van der Waals surface area contributed by atoms with Crippen molar-refractivity contribution in [3.05, 3.63) is 65.0 Å². The molecular weight excluding hydrogens is 265 g/mol. The Labute approximate surface area is 125 Å². The molecule has 0 heterocycles. The van der Waals surface area contributed by atoms with Gasteiger partial charge in [-0.3, -0.25) is 0 Å². The Balaban J connectivity index is 2.18. The molecule has 0 aliphatic rings. The average molecular weight is 287 g/mol. The van der Waals surface area contributed by atoms with E-state index >= 15 is 0 Å². The highest BCUT2D eigenvalue weighted by Gasteiger charge is 2.14. The van der Waals surface area contributed by atoms with Crippen LogP contribution in [0, 0.1) is 12.7 Å². The van der Waals surface area contributed by atoms with Gasteiger partial charge >= 0.3 is 0 Å². The molecule has 2 nitrogen and oxygen atoms in total. The first-order valence-corrected chi connectivity index (χ1v) is 7.32. The topological polar surface area (TPSA) is 35.2 Å². The average Bonchev–Trinajstić information content (AvgIpc) is 2.48. The Bertz CT molecular complexity index is 580. The van der Waals surface area contributed by atoms with Crippen LogP contribution in [-0.4, -0.2) is 13.2 Å². The highest BCUT2D eigenvalue weighted by molar-refractivity contribution is 5.38. The summed E-state index contributed by atoms with van der Waals surface area (Å²) in [5.41, 5.74) is 9.45. The van der Waals surface area contributed by atoms with Crippen molar-refractivity contribution in [2.75, 3.05) is 13.2 Å². The summed E-state index contributed by atoms with van der Waals surface area (Å²) in [4.78, 5) is 0. The lowest BCUT2D eigenvalue weighted by atomic mass is 9.89. The minimum Gasteiger partial charge on any atom is -0.494 e. The second kappa shape index (κ2) is 7.23. The van der Waals surface area contributed by atoms with Crippen molar-refractivity contribution in [3.8, 4) is 5.75 Å². The molecule has 1 unspecified atom stereocenters. The smallest absolute Gasteiger partial charge is 0.123 e. The Hall–Kier alpha value is -1.87. The number of benzene rings is 2. The zero-order valence-corrected chi connectivity index (χ0v) is 12.6. The quantitative estimate of drug-likeness (QED) is 0.876. The summed E-state index contributed by atoms with van der Waals surface area (Å²) >= 11 is 0. The van der Waals surface area contributed by atoms with Gasteiger partial charge in [-0.15, -0.1) is 0 Å². The van der Waals surface area contributed by atoms with Gasteiger partial charge in [0, 0.05) is 5.92 Å². The van der Waals surface area contributed by atoms with Gasteiger partial charge in [-0.25, -0.2) is 4.39 Å². The number of nitrogens with two attached hydrogens (primary N) is 1. The molecule has 2 aromatic rings. The highest BCUT2D eigenvalue weighted by Crippen LogP contribution is 2.26. The molecule has 0 spiro atoms. The summed E-state index contributed by atoms with van der Waals surface area (Å²) in [6, 6.07) is 12.7. The maximum Gasteiger partial charge on any atom is 0.123 e. The van der Waals surface area contributed by atoms with Crippen LogP contribution in [0.3, 0.4) is 0 Å². The van der Waals surface area contributed by atoms with Crippen molar-refractivity contribution in [1.29, 1.82) is 0 Å². The molecule has 2 rings (SSSR count). The SMILES string of the molecule is CCOc1ccc(C(CN)Cc2ccc(F)cc2)c(C)c1. The lowest BCUT2D eigenvalue weighted by Gasteiger charge is -2.18. The van der Waals surface area contributed by atoms with Gasteiger partial charge in [0.15, 0.2) is 0 Å². The van der Waals surface area contributed by atoms with Gasteiger partial charge in [-0.2, -0.15) is 0 Å². The molecular formula is C18H22FNO. The number of ether oxygens (including phenoxy) is 1. The van der Waals surface area contributed by atoms with Gasteiger partial charge in [0.2, 0.25) is 0 Å². The largest absolute Gasteiger partial charge is 0.494 e. The van der Waals surface area contributed by atoms with Crippen molar-refractivity contribution in [3.63, 3.8) is 0 Å². The molecule has 112 valence electrons. The highest BCUT2D eigenvalue weighted by atomic mass is 19.1. The van der Waals surface area contributed by atoms with Crippen molar-refractivity contribution < 1.29 is 9.13 Å². The third-order valence-electron chi connectivity index (χ3n) is 3.67. The first kappa shape index (κ1) is 15.5. The van der Waals surface area contributed by atoms with E-state index in [1.165, 1.54) is 23.3 Å². The van der Waals surface area contributed by atoms with Crippen LogP contribution >= 0.6 is 0 Å². The summed E-state index contributed by atoms with van der Waals surface area (Å²) in [5, 5.41) is 0. The van der Waals surface area contributed by atoms with Crippen LogP contribution in [0.4, 0.5) is 4.39 Å². The second-order valence-electron chi connectivity index (χ2n) is 5.21. The molecule has 2 aromatic carbocycles. The second-order valence-corrected chi connectivity index (χ2v) is 5.21. The Morgan fingerprint density at radius 3 is 2.43 bits per heavy atom. The maximum atomic E-state index is 13.0. The minimum atomic E-state index is -0.208. The normalized spacial score (nSPS) is 12.2. The van der Waals surface area contributed by atoms with E-state index in [4.69, 9.17) is 10.5 Å². The van der Waals surface area contributed by atoms with Crippen LogP contribution in [0.15, 0.2) is 42.5 Å². The lowest BCUT2D eigenvalue weighted by molar-refractivity contribution is 0.340. The molecule has 3 heteroatoms. The van der Waals surface area contributed by atoms with Crippen LogP contribution < -0.4 is 10.5 Å². The van der Waals surface area contributed by atoms with Gasteiger partial charge in [0.25, 0.3) is 0 Å². The zero-order valence-electron chi connectivity index (χ0n) is 12.6. The van der Waals surface area contributed by atoms with E-state index in [1.54, 1.807) is 0 Å². The lowest BCUT2D eigenvalue weighted by Crippen LogP contribution is -2.16. The van der Waals surface area contributed by atoms with Crippen molar-refractivity contribution in [1.82, 2.24) is 0 Å². The number of rotatable bonds is 6. The standard InChI is InChI=1S/C18H22FNO/c1-3-21-17-8-9-18(13(2)10-17)15(12-20)11-14-4-6-16(19)7-5-14/h4-10,15H,3,11-12,20H2,1-2H3. The van der Waals surface area contributed by atoms with Gasteiger partial charge in [0.1, 0.15) is 11.6 Å². The molecule has 2 N–H and O–H groups in total. The Morgan fingerprint density at radius 2 is 1.86 bits per heavy atom. The summed E-state index contributed by atoms with van der Waals surface area (Å²) in [6.07, 6.45) is 0.811. The maximum absolute atomic E-state index is 13.0. The summed E-state index contributed by atoms with van der Waals surface area (Å²) in [7, 11) is 0. The molecule has 0 saturated carbocycles. The molecule has 0 aliphatic carbocycles. The molecule has 0 radical (unpaired) electrons. The van der Waals surface area contributed by atoms with Crippen LogP contribution in [0.2, 0.25) is 0 Å². The molecule has 0 aromatic heterocycles. The van der Waals surface area contributed by atoms with Crippen molar-refractivity contribution in [2.24, 2.45) is 5.73 Å². The van der Waals surface area contributed by atoms with Gasteiger partial charge in [-0.1, -0.05) is 18.2 Å². The number of halogens is 1. The monoisotopic (exact) mass is 287 g/mol. The van der Waals surface area contributed by atoms with Crippen LogP contribution in [0.5, 0.6) is 5.75 Å². The van der Waals surface area contributed by atoms with E-state index in [0.29, 0.717) is 13.2 Å². The molecule has 1 atom stereocenters. The fourth-order valence-electron chi connectivity index (χ4n) is 2.59. The van der Waals surface area contributed by atoms with Gasteiger partial charge < -0.3 is 10.5 Å². The predicted octanol–water partition coefficient (Wildman–Crippen LogP) is 3.82. The van der Waals surface area contributed by atoms with Gasteiger partial charge in [-0.05, 0) is 67.8 Å². The molecule has 0 amide bonds. The van der Waals surface area contributed by atoms with E-state index in [2.05, 4.69) is 13.0 Å². The molecule has 0 bridgehead atoms. The van der Waals surface area contributed by atoms with Crippen molar-refractivity contribution >= 4 is 0 Å². The summed E-state index contributed by atoms with van der Waals surface area (Å²) < 4.78 is 18.5. The fraction of sp³-hybridized carbons (Fsp3) is 0.333. The van der Waals surface area contributed by atoms with E-state index in [1.807, 2.05) is 31.2 Å². The Morgan fingerprint density at radius 1 is 1.14 bits per heavy atom. The number of hydrogen-bond donors (Lipinski definition) is 1. The van der Waals surface area contributed by atoms with Crippen LogP contribution in [-0.2, 0) is 6.42 Å². The summed E-state index contributed by atoms with van der Waals surface area (Å²) in [6.45, 7) is 5.27. The molecule has 0 aliphatic heterocycles. The van der Waals surface area contributed by atoms with E-state index < -0.39 is 0 Å². The predicted molar refractivity (Wildman–Crippen MR) is 84.2 cm³/mol. The third kappa shape index (κ3) is 4.05. The Kier molecular flexibility index (Phi) is 5.34. The van der Waals surface area contributed by atoms with E-state index in [0.717, 1.165) is 17.7 Å².